The van der Waals surface area contributed by atoms with Crippen molar-refractivity contribution in [3.05, 3.63) is 35.9 Å². The quantitative estimate of drug-likeness (QED) is 0.581. The Morgan fingerprint density at radius 1 is 1.07 bits per heavy atom. The van der Waals surface area contributed by atoms with E-state index in [2.05, 4.69) is 55.9 Å². The monoisotopic (exact) mass is 222 g/mol. The summed E-state index contributed by atoms with van der Waals surface area (Å²) in [7, 11) is 0. The van der Waals surface area contributed by atoms with Crippen LogP contribution in [-0.2, 0) is 0 Å². The molecule has 0 saturated heterocycles. The average molecular weight is 222 g/mol. The largest absolute Gasteiger partial charge is 0.154 e. The van der Waals surface area contributed by atoms with Gasteiger partial charge >= 0.3 is 0 Å². The summed E-state index contributed by atoms with van der Waals surface area (Å²) >= 11 is 2.08. The minimum atomic E-state index is 0.711. The summed E-state index contributed by atoms with van der Waals surface area (Å²) in [6.07, 6.45) is 5.38. The number of hydrogen-bond donors (Lipinski definition) is 0. The molecular formula is C14H22S. The summed E-state index contributed by atoms with van der Waals surface area (Å²) < 4.78 is 0. The lowest BCUT2D eigenvalue weighted by atomic mass is 10.1. The van der Waals surface area contributed by atoms with Crippen molar-refractivity contribution >= 4 is 11.8 Å². The van der Waals surface area contributed by atoms with E-state index in [1.807, 2.05) is 0 Å². The van der Waals surface area contributed by atoms with Gasteiger partial charge in [0.15, 0.2) is 0 Å². The molecule has 0 aliphatic carbocycles. The SMILES string of the molecule is CCCCCC(SCC)c1ccccc1. The Bertz CT molecular complexity index is 243. The number of hydrogen-bond acceptors (Lipinski definition) is 1. The van der Waals surface area contributed by atoms with Gasteiger partial charge < -0.3 is 0 Å². The van der Waals surface area contributed by atoms with Crippen molar-refractivity contribution in [2.75, 3.05) is 5.75 Å². The van der Waals surface area contributed by atoms with E-state index in [0.29, 0.717) is 5.25 Å². The first-order valence-corrected chi connectivity index (χ1v) is 7.09. The molecule has 0 aliphatic heterocycles. The Labute approximate surface area is 98.5 Å². The first kappa shape index (κ1) is 12.6. The van der Waals surface area contributed by atoms with E-state index in [0.717, 1.165) is 0 Å². The molecule has 0 heterocycles. The van der Waals surface area contributed by atoms with E-state index < -0.39 is 0 Å². The standard InChI is InChI=1S/C14H22S/c1-3-5-7-12-14(15-4-2)13-10-8-6-9-11-13/h6,8-11,14H,3-5,7,12H2,1-2H3. The maximum atomic E-state index is 2.27. The highest BCUT2D eigenvalue weighted by Gasteiger charge is 2.09. The van der Waals surface area contributed by atoms with Crippen molar-refractivity contribution in [2.24, 2.45) is 0 Å². The van der Waals surface area contributed by atoms with Crippen LogP contribution in [0.1, 0.15) is 50.3 Å². The van der Waals surface area contributed by atoms with E-state index >= 15 is 0 Å². The Morgan fingerprint density at radius 2 is 1.80 bits per heavy atom. The minimum absolute atomic E-state index is 0.711. The highest BCUT2D eigenvalue weighted by Crippen LogP contribution is 2.33. The molecule has 0 bridgehead atoms. The lowest BCUT2D eigenvalue weighted by molar-refractivity contribution is 0.659. The van der Waals surface area contributed by atoms with Crippen molar-refractivity contribution in [2.45, 2.75) is 44.8 Å². The summed E-state index contributed by atoms with van der Waals surface area (Å²) in [4.78, 5) is 0. The van der Waals surface area contributed by atoms with Crippen molar-refractivity contribution < 1.29 is 0 Å². The van der Waals surface area contributed by atoms with Gasteiger partial charge in [0.05, 0.1) is 0 Å². The first-order chi connectivity index (χ1) is 7.38. The van der Waals surface area contributed by atoms with E-state index in [4.69, 9.17) is 0 Å². The van der Waals surface area contributed by atoms with E-state index in [9.17, 15) is 0 Å². The molecule has 1 rings (SSSR count). The minimum Gasteiger partial charge on any atom is -0.154 e. The van der Waals surface area contributed by atoms with Crippen molar-refractivity contribution in [3.63, 3.8) is 0 Å². The Hall–Kier alpha value is -0.430. The van der Waals surface area contributed by atoms with Crippen LogP contribution in [0.2, 0.25) is 0 Å². The molecule has 84 valence electrons. The molecule has 1 heteroatoms. The highest BCUT2D eigenvalue weighted by atomic mass is 32.2. The van der Waals surface area contributed by atoms with Gasteiger partial charge in [-0.3, -0.25) is 0 Å². The molecule has 1 aromatic rings. The van der Waals surface area contributed by atoms with Crippen LogP contribution < -0.4 is 0 Å². The third-order valence-electron chi connectivity index (χ3n) is 2.61. The first-order valence-electron chi connectivity index (χ1n) is 6.05. The molecule has 0 radical (unpaired) electrons. The van der Waals surface area contributed by atoms with Crippen molar-refractivity contribution in [1.29, 1.82) is 0 Å². The normalized spacial score (nSPS) is 12.7. The van der Waals surface area contributed by atoms with Crippen molar-refractivity contribution in [1.82, 2.24) is 0 Å². The fourth-order valence-corrected chi connectivity index (χ4v) is 2.88. The van der Waals surface area contributed by atoms with E-state index in [1.165, 1.54) is 37.0 Å². The van der Waals surface area contributed by atoms with Gasteiger partial charge in [-0.15, -0.1) is 0 Å². The smallest absolute Gasteiger partial charge is 0.0297 e. The summed E-state index contributed by atoms with van der Waals surface area (Å²) in [5.41, 5.74) is 1.50. The Kier molecular flexibility index (Phi) is 6.58. The van der Waals surface area contributed by atoms with Crippen LogP contribution >= 0.6 is 11.8 Å². The Balaban J connectivity index is 2.50. The molecule has 1 atom stereocenters. The zero-order valence-corrected chi connectivity index (χ0v) is 10.7. The summed E-state index contributed by atoms with van der Waals surface area (Å²) in [6.45, 7) is 4.52. The van der Waals surface area contributed by atoms with Crippen molar-refractivity contribution in [3.8, 4) is 0 Å². The van der Waals surface area contributed by atoms with E-state index in [-0.39, 0.29) is 0 Å². The lowest BCUT2D eigenvalue weighted by Crippen LogP contribution is -1.94. The third-order valence-corrected chi connectivity index (χ3v) is 3.85. The van der Waals surface area contributed by atoms with Gasteiger partial charge in [0.1, 0.15) is 0 Å². The van der Waals surface area contributed by atoms with Crippen LogP contribution in [0.25, 0.3) is 0 Å². The van der Waals surface area contributed by atoms with Crippen LogP contribution in [0, 0.1) is 0 Å². The molecule has 15 heavy (non-hydrogen) atoms. The molecule has 0 spiro atoms. The van der Waals surface area contributed by atoms with Crippen LogP contribution in [0.4, 0.5) is 0 Å². The molecule has 0 fully saturated rings. The number of thioether (sulfide) groups is 1. The predicted molar refractivity (Wildman–Crippen MR) is 71.5 cm³/mol. The maximum Gasteiger partial charge on any atom is 0.0297 e. The number of unbranched alkanes of at least 4 members (excludes halogenated alkanes) is 2. The van der Waals surface area contributed by atoms with Gasteiger partial charge in [-0.2, -0.15) is 11.8 Å². The van der Waals surface area contributed by atoms with Crippen LogP contribution in [0.15, 0.2) is 30.3 Å². The fraction of sp³-hybridized carbons (Fsp3) is 0.571. The molecule has 0 N–H and O–H groups in total. The second kappa shape index (κ2) is 7.81. The van der Waals surface area contributed by atoms with Gasteiger partial charge in [-0.1, -0.05) is 63.4 Å². The molecule has 0 nitrogen and oxygen atoms in total. The predicted octanol–water partition coefficient (Wildman–Crippen LogP) is 5.06. The zero-order valence-electron chi connectivity index (χ0n) is 9.91. The molecule has 0 aromatic heterocycles. The zero-order chi connectivity index (χ0) is 10.9. The Morgan fingerprint density at radius 3 is 2.40 bits per heavy atom. The van der Waals surface area contributed by atoms with E-state index in [1.54, 1.807) is 0 Å². The van der Waals surface area contributed by atoms with Crippen LogP contribution in [-0.4, -0.2) is 5.75 Å². The summed E-state index contributed by atoms with van der Waals surface area (Å²) in [5, 5.41) is 0.711. The number of rotatable bonds is 7. The number of benzene rings is 1. The topological polar surface area (TPSA) is 0 Å². The molecular weight excluding hydrogens is 200 g/mol. The maximum absolute atomic E-state index is 2.27. The molecule has 0 amide bonds. The molecule has 1 aromatic carbocycles. The molecule has 1 unspecified atom stereocenters. The molecule has 0 saturated carbocycles. The third kappa shape index (κ3) is 4.74. The van der Waals surface area contributed by atoms with Crippen LogP contribution in [0.5, 0.6) is 0 Å². The van der Waals surface area contributed by atoms with Gasteiger partial charge in [0.25, 0.3) is 0 Å². The summed E-state index contributed by atoms with van der Waals surface area (Å²) in [6, 6.07) is 10.9. The second-order valence-electron chi connectivity index (χ2n) is 3.85. The lowest BCUT2D eigenvalue weighted by Gasteiger charge is -2.15. The van der Waals surface area contributed by atoms with Gasteiger partial charge in [-0.05, 0) is 17.7 Å². The van der Waals surface area contributed by atoms with Crippen LogP contribution in [0.3, 0.4) is 0 Å². The highest BCUT2D eigenvalue weighted by molar-refractivity contribution is 7.99. The average Bonchev–Trinajstić information content (AvgIpc) is 2.29. The fourth-order valence-electron chi connectivity index (χ4n) is 1.79. The van der Waals surface area contributed by atoms with Gasteiger partial charge in [-0.25, -0.2) is 0 Å². The van der Waals surface area contributed by atoms with Gasteiger partial charge in [0, 0.05) is 5.25 Å². The summed E-state index contributed by atoms with van der Waals surface area (Å²) in [5.74, 6) is 1.21. The van der Waals surface area contributed by atoms with Gasteiger partial charge in [0.2, 0.25) is 0 Å². The molecule has 0 aliphatic rings. The second-order valence-corrected chi connectivity index (χ2v) is 5.33.